The first-order valence-corrected chi connectivity index (χ1v) is 4.05. The van der Waals surface area contributed by atoms with Crippen LogP contribution in [-0.2, 0) is 9.53 Å². The predicted molar refractivity (Wildman–Crippen MR) is 41.1 cm³/mol. The Morgan fingerprint density at radius 2 is 2.36 bits per heavy atom. The molecule has 1 aliphatic carbocycles. The zero-order valence-corrected chi connectivity index (χ0v) is 6.58. The largest absolute Gasteiger partial charge is 0.381 e. The summed E-state index contributed by atoms with van der Waals surface area (Å²) in [6.45, 7) is 2.17. The van der Waals surface area contributed by atoms with E-state index >= 15 is 0 Å². The standard InChI is InChI=1S/C8H13NO2/c10-7-9-4-1-5-11-6-8-2-3-8/h8H,1-6H2. The van der Waals surface area contributed by atoms with Gasteiger partial charge >= 0.3 is 0 Å². The quantitative estimate of drug-likeness (QED) is 0.328. The summed E-state index contributed by atoms with van der Waals surface area (Å²) in [7, 11) is 0. The lowest BCUT2D eigenvalue weighted by Crippen LogP contribution is -1.99. The van der Waals surface area contributed by atoms with E-state index in [1.165, 1.54) is 18.9 Å². The summed E-state index contributed by atoms with van der Waals surface area (Å²) in [5, 5.41) is 0. The van der Waals surface area contributed by atoms with E-state index in [9.17, 15) is 4.79 Å². The van der Waals surface area contributed by atoms with Crippen LogP contribution in [0.1, 0.15) is 19.3 Å². The van der Waals surface area contributed by atoms with Gasteiger partial charge in [0.05, 0.1) is 6.54 Å². The zero-order chi connectivity index (χ0) is 7.94. The Labute approximate surface area is 66.5 Å². The molecule has 0 heterocycles. The molecular weight excluding hydrogens is 142 g/mol. The van der Waals surface area contributed by atoms with Crippen LogP contribution in [0, 0.1) is 5.92 Å². The van der Waals surface area contributed by atoms with Crippen molar-refractivity contribution < 1.29 is 9.53 Å². The van der Waals surface area contributed by atoms with Crippen molar-refractivity contribution in [1.29, 1.82) is 0 Å². The lowest BCUT2D eigenvalue weighted by molar-refractivity contribution is 0.123. The number of nitrogens with zero attached hydrogens (tertiary/aromatic N) is 1. The molecule has 0 atom stereocenters. The smallest absolute Gasteiger partial charge is 0.234 e. The van der Waals surface area contributed by atoms with Gasteiger partial charge in [0, 0.05) is 13.2 Å². The van der Waals surface area contributed by atoms with Crippen molar-refractivity contribution in [3.63, 3.8) is 0 Å². The second kappa shape index (κ2) is 5.05. The van der Waals surface area contributed by atoms with Crippen molar-refractivity contribution in [2.45, 2.75) is 19.3 Å². The number of ether oxygens (including phenoxy) is 1. The minimum absolute atomic E-state index is 0.550. The minimum atomic E-state index is 0.550. The van der Waals surface area contributed by atoms with E-state index in [-0.39, 0.29) is 0 Å². The monoisotopic (exact) mass is 155 g/mol. The fourth-order valence-corrected chi connectivity index (χ4v) is 0.826. The second-order valence-electron chi connectivity index (χ2n) is 2.84. The molecule has 1 rings (SSSR count). The summed E-state index contributed by atoms with van der Waals surface area (Å²) in [6, 6.07) is 0. The molecule has 62 valence electrons. The average Bonchev–Trinajstić information content (AvgIpc) is 2.80. The fourth-order valence-electron chi connectivity index (χ4n) is 0.826. The molecule has 0 aromatic rings. The van der Waals surface area contributed by atoms with Gasteiger partial charge in [0.25, 0.3) is 0 Å². The van der Waals surface area contributed by atoms with Crippen LogP contribution in [0.5, 0.6) is 0 Å². The number of hydrogen-bond donors (Lipinski definition) is 0. The van der Waals surface area contributed by atoms with Crippen LogP contribution in [0.25, 0.3) is 0 Å². The maximum absolute atomic E-state index is 9.62. The van der Waals surface area contributed by atoms with Crippen LogP contribution in [0.2, 0.25) is 0 Å². The number of rotatable bonds is 6. The molecule has 0 radical (unpaired) electrons. The lowest BCUT2D eigenvalue weighted by atomic mass is 10.4. The zero-order valence-electron chi connectivity index (χ0n) is 6.58. The van der Waals surface area contributed by atoms with Gasteiger partial charge in [-0.1, -0.05) is 0 Å². The van der Waals surface area contributed by atoms with E-state index in [1.807, 2.05) is 0 Å². The Balaban J connectivity index is 1.76. The first-order valence-electron chi connectivity index (χ1n) is 4.05. The Kier molecular flexibility index (Phi) is 3.87. The molecule has 11 heavy (non-hydrogen) atoms. The number of carbonyl (C=O) groups excluding carboxylic acids is 1. The SMILES string of the molecule is O=C=NCCCOCC1CC1. The highest BCUT2D eigenvalue weighted by atomic mass is 16.5. The highest BCUT2D eigenvalue weighted by molar-refractivity contribution is 5.32. The Hall–Kier alpha value is -0.660. The Bertz CT molecular complexity index is 148. The molecule has 1 aliphatic rings. The molecule has 3 heteroatoms. The number of hydrogen-bond acceptors (Lipinski definition) is 3. The maximum Gasteiger partial charge on any atom is 0.234 e. The van der Waals surface area contributed by atoms with E-state index in [1.54, 1.807) is 0 Å². The van der Waals surface area contributed by atoms with Gasteiger partial charge in [-0.05, 0) is 25.2 Å². The van der Waals surface area contributed by atoms with Gasteiger partial charge in [-0.3, -0.25) is 0 Å². The Morgan fingerprint density at radius 3 is 3.00 bits per heavy atom. The predicted octanol–water partition coefficient (Wildman–Crippen LogP) is 1.14. The van der Waals surface area contributed by atoms with Gasteiger partial charge in [0.2, 0.25) is 6.08 Å². The highest BCUT2D eigenvalue weighted by Crippen LogP contribution is 2.28. The van der Waals surface area contributed by atoms with Crippen LogP contribution in [0.15, 0.2) is 4.99 Å². The van der Waals surface area contributed by atoms with E-state index in [0.717, 1.165) is 25.6 Å². The van der Waals surface area contributed by atoms with E-state index in [0.29, 0.717) is 6.54 Å². The van der Waals surface area contributed by atoms with Crippen LogP contribution in [-0.4, -0.2) is 25.8 Å². The average molecular weight is 155 g/mol. The van der Waals surface area contributed by atoms with Gasteiger partial charge in [0.15, 0.2) is 0 Å². The molecule has 0 bridgehead atoms. The third-order valence-corrected chi connectivity index (χ3v) is 1.67. The summed E-state index contributed by atoms with van der Waals surface area (Å²) >= 11 is 0. The van der Waals surface area contributed by atoms with Crippen LogP contribution < -0.4 is 0 Å². The van der Waals surface area contributed by atoms with Crippen molar-refractivity contribution in [1.82, 2.24) is 0 Å². The number of aliphatic imine (C=N–C) groups is 1. The van der Waals surface area contributed by atoms with E-state index in [4.69, 9.17) is 4.74 Å². The molecule has 0 aromatic heterocycles. The summed E-state index contributed by atoms with van der Waals surface area (Å²) in [4.78, 5) is 13.0. The van der Waals surface area contributed by atoms with Crippen molar-refractivity contribution in [2.24, 2.45) is 10.9 Å². The van der Waals surface area contributed by atoms with Crippen molar-refractivity contribution >= 4 is 6.08 Å². The third kappa shape index (κ3) is 4.71. The van der Waals surface area contributed by atoms with E-state index in [2.05, 4.69) is 4.99 Å². The van der Waals surface area contributed by atoms with Crippen LogP contribution in [0.4, 0.5) is 0 Å². The molecule has 0 unspecified atom stereocenters. The molecule has 3 nitrogen and oxygen atoms in total. The fraction of sp³-hybridized carbons (Fsp3) is 0.875. The topological polar surface area (TPSA) is 38.7 Å². The first kappa shape index (κ1) is 8.44. The van der Waals surface area contributed by atoms with E-state index < -0.39 is 0 Å². The summed E-state index contributed by atoms with van der Waals surface area (Å²) in [5.41, 5.74) is 0. The third-order valence-electron chi connectivity index (χ3n) is 1.67. The maximum atomic E-state index is 9.62. The molecule has 0 aliphatic heterocycles. The van der Waals surface area contributed by atoms with Gasteiger partial charge in [-0.25, -0.2) is 9.79 Å². The minimum Gasteiger partial charge on any atom is -0.381 e. The normalized spacial score (nSPS) is 16.0. The van der Waals surface area contributed by atoms with Gasteiger partial charge < -0.3 is 4.74 Å². The second-order valence-corrected chi connectivity index (χ2v) is 2.84. The molecule has 1 fully saturated rings. The lowest BCUT2D eigenvalue weighted by Gasteiger charge is -1.98. The van der Waals surface area contributed by atoms with Gasteiger partial charge in [0.1, 0.15) is 0 Å². The molecule has 0 aromatic carbocycles. The van der Waals surface area contributed by atoms with Crippen LogP contribution in [0.3, 0.4) is 0 Å². The molecule has 0 amide bonds. The summed E-state index contributed by atoms with van der Waals surface area (Å²) < 4.78 is 5.31. The van der Waals surface area contributed by atoms with Gasteiger partial charge in [-0.15, -0.1) is 0 Å². The highest BCUT2D eigenvalue weighted by Gasteiger charge is 2.20. The van der Waals surface area contributed by atoms with Gasteiger partial charge in [-0.2, -0.15) is 0 Å². The molecule has 0 N–H and O–H groups in total. The van der Waals surface area contributed by atoms with Crippen molar-refractivity contribution in [2.75, 3.05) is 19.8 Å². The molecule has 1 saturated carbocycles. The van der Waals surface area contributed by atoms with Crippen molar-refractivity contribution in [3.8, 4) is 0 Å². The van der Waals surface area contributed by atoms with Crippen molar-refractivity contribution in [3.05, 3.63) is 0 Å². The first-order chi connectivity index (χ1) is 5.43. The number of isocyanates is 1. The molecular formula is C8H13NO2. The molecule has 0 spiro atoms. The molecule has 0 saturated heterocycles. The summed E-state index contributed by atoms with van der Waals surface area (Å²) in [6.07, 6.45) is 4.99. The summed E-state index contributed by atoms with van der Waals surface area (Å²) in [5.74, 6) is 0.824. The Morgan fingerprint density at radius 1 is 1.55 bits per heavy atom. The van der Waals surface area contributed by atoms with Crippen LogP contribution >= 0.6 is 0 Å².